The van der Waals surface area contributed by atoms with Crippen LogP contribution in [-0.4, -0.2) is 107 Å². The van der Waals surface area contributed by atoms with Gasteiger partial charge in [0, 0.05) is 12.0 Å². The Morgan fingerprint density at radius 2 is 1.27 bits per heavy atom. The zero-order valence-corrected chi connectivity index (χ0v) is 30.4. The lowest BCUT2D eigenvalue weighted by Gasteiger charge is -2.48. The first-order chi connectivity index (χ1) is 26.5. The molecule has 0 bridgehead atoms. The summed E-state index contributed by atoms with van der Waals surface area (Å²) in [4.78, 5) is 43.2. The standard InChI is InChI=1S/C38H46N6O11/c1-23(44(2)38(50)53-22-26-16-10-5-11-17-26)28-19-18-27(42-43-39)35(54-28)55-34-30(41-37(49)52-21-25-14-8-4-9-15-25)31(45)29(32(46)33(34)47)40-36(48)51-20-24-12-6-3-7-13-24/h3-17,23,27-35,45-47H,18-22H2,1-2H3,(H,40,48)(H,41,49)/t23?,27-,28+,29-,30+,31-,32+,33-,34-,35-/m1/s1. The van der Waals surface area contributed by atoms with E-state index in [-0.39, 0.29) is 26.2 Å². The molecule has 1 unspecified atom stereocenters. The number of likely N-dealkylation sites (N-methyl/N-ethyl adjacent to an activating group) is 1. The maximum Gasteiger partial charge on any atom is 0.410 e. The highest BCUT2D eigenvalue weighted by Gasteiger charge is 2.53. The Kier molecular flexibility index (Phi) is 14.7. The third-order valence-corrected chi connectivity index (χ3v) is 9.64. The molecule has 0 aromatic heterocycles. The third kappa shape index (κ3) is 11.1. The van der Waals surface area contributed by atoms with Gasteiger partial charge in [-0.25, -0.2) is 14.4 Å². The Morgan fingerprint density at radius 1 is 0.782 bits per heavy atom. The number of hydrogen-bond acceptors (Lipinski definition) is 12. The second kappa shape index (κ2) is 19.8. The third-order valence-electron chi connectivity index (χ3n) is 9.64. The number of hydrogen-bond donors (Lipinski definition) is 5. The van der Waals surface area contributed by atoms with E-state index in [4.69, 9.17) is 23.7 Å². The van der Waals surface area contributed by atoms with Crippen molar-refractivity contribution in [3.05, 3.63) is 118 Å². The van der Waals surface area contributed by atoms with Gasteiger partial charge in [0.05, 0.1) is 36.4 Å². The Hall–Kier alpha value is -5.42. The first kappa shape index (κ1) is 40.8. The fraction of sp³-hybridized carbons (Fsp3) is 0.447. The Bertz CT molecular complexity index is 1740. The molecule has 294 valence electrons. The molecule has 2 aliphatic rings. The van der Waals surface area contributed by atoms with E-state index in [1.807, 2.05) is 30.3 Å². The molecule has 5 N–H and O–H groups in total. The molecule has 5 rings (SSSR count). The number of benzene rings is 3. The highest BCUT2D eigenvalue weighted by Crippen LogP contribution is 2.32. The molecule has 1 aliphatic heterocycles. The number of nitrogens with one attached hydrogen (secondary N) is 2. The molecule has 0 spiro atoms. The van der Waals surface area contributed by atoms with Crippen molar-refractivity contribution in [2.45, 2.75) is 101 Å². The van der Waals surface area contributed by atoms with Gasteiger partial charge in [-0.1, -0.05) is 96.1 Å². The van der Waals surface area contributed by atoms with Gasteiger partial charge >= 0.3 is 18.3 Å². The topological polar surface area (TPSA) is 234 Å². The summed E-state index contributed by atoms with van der Waals surface area (Å²) in [6.07, 6.45) is -11.2. The molecule has 10 atom stereocenters. The van der Waals surface area contributed by atoms with E-state index in [1.54, 1.807) is 74.6 Å². The average molecular weight is 763 g/mol. The first-order valence-corrected chi connectivity index (χ1v) is 17.8. The van der Waals surface area contributed by atoms with Crippen molar-refractivity contribution >= 4 is 18.3 Å². The summed E-state index contributed by atoms with van der Waals surface area (Å²) in [6.45, 7) is 1.54. The van der Waals surface area contributed by atoms with Crippen LogP contribution in [0.25, 0.3) is 10.4 Å². The first-order valence-electron chi connectivity index (χ1n) is 17.8. The highest BCUT2D eigenvalue weighted by molar-refractivity contribution is 5.69. The van der Waals surface area contributed by atoms with Gasteiger partial charge in [-0.3, -0.25) is 0 Å². The van der Waals surface area contributed by atoms with Gasteiger partial charge in [-0.2, -0.15) is 0 Å². The van der Waals surface area contributed by atoms with Gasteiger partial charge in [0.15, 0.2) is 6.29 Å². The molecule has 1 heterocycles. The van der Waals surface area contributed by atoms with Crippen molar-refractivity contribution in [2.24, 2.45) is 5.11 Å². The van der Waals surface area contributed by atoms with E-state index in [2.05, 4.69) is 20.7 Å². The average Bonchev–Trinajstić information content (AvgIpc) is 3.21. The molecular weight excluding hydrogens is 716 g/mol. The minimum absolute atomic E-state index is 0.0555. The molecule has 0 radical (unpaired) electrons. The van der Waals surface area contributed by atoms with Crippen LogP contribution >= 0.6 is 0 Å². The SMILES string of the molecule is CC([C@@H]1CC[C@@H](N=[N+]=[N-])[C@@H](O[C@H]2[C@H](O)[C@@H](O)[C@H](NC(=O)OCc3ccccc3)[C@@H](O)[C@@H]2NC(=O)OCc2ccccc2)O1)N(C)C(=O)OCc1ccccc1. The molecule has 3 amide bonds. The minimum atomic E-state index is -1.86. The van der Waals surface area contributed by atoms with E-state index >= 15 is 0 Å². The maximum absolute atomic E-state index is 13.1. The molecule has 3 aromatic carbocycles. The summed E-state index contributed by atoms with van der Waals surface area (Å²) in [5.74, 6) is 0. The minimum Gasteiger partial charge on any atom is -0.445 e. The van der Waals surface area contributed by atoms with E-state index in [0.717, 1.165) is 5.56 Å². The largest absolute Gasteiger partial charge is 0.445 e. The van der Waals surface area contributed by atoms with Crippen molar-refractivity contribution in [1.82, 2.24) is 15.5 Å². The van der Waals surface area contributed by atoms with Crippen molar-refractivity contribution in [3.8, 4) is 0 Å². The molecule has 1 saturated carbocycles. The summed E-state index contributed by atoms with van der Waals surface area (Å²) >= 11 is 0. The summed E-state index contributed by atoms with van der Waals surface area (Å²) in [7, 11) is 1.55. The fourth-order valence-electron chi connectivity index (χ4n) is 6.39. The van der Waals surface area contributed by atoms with Gasteiger partial charge in [-0.05, 0) is 42.0 Å². The van der Waals surface area contributed by atoms with E-state index in [0.29, 0.717) is 17.5 Å². The molecule has 17 heteroatoms. The van der Waals surface area contributed by atoms with Gasteiger partial charge in [-0.15, -0.1) is 0 Å². The van der Waals surface area contributed by atoms with Crippen LogP contribution in [0, 0.1) is 0 Å². The van der Waals surface area contributed by atoms with Crippen molar-refractivity contribution in [2.75, 3.05) is 7.05 Å². The number of amides is 3. The summed E-state index contributed by atoms with van der Waals surface area (Å²) in [6, 6.07) is 22.2. The Balaban J connectivity index is 1.31. The Labute approximate surface area is 317 Å². The summed E-state index contributed by atoms with van der Waals surface area (Å²) < 4.78 is 28.6. The monoisotopic (exact) mass is 762 g/mol. The number of carbonyl (C=O) groups excluding carboxylic acids is 3. The lowest BCUT2D eigenvalue weighted by molar-refractivity contribution is -0.268. The predicted octanol–water partition coefficient (Wildman–Crippen LogP) is 3.90. The number of aliphatic hydroxyl groups is 3. The number of aliphatic hydroxyl groups excluding tert-OH is 3. The van der Waals surface area contributed by atoms with Gasteiger partial charge < -0.3 is 54.5 Å². The quantitative estimate of drug-likeness (QED) is 0.0725. The molecule has 2 fully saturated rings. The number of rotatable bonds is 13. The smallest absolute Gasteiger partial charge is 0.410 e. The zero-order valence-electron chi connectivity index (χ0n) is 30.4. The summed E-state index contributed by atoms with van der Waals surface area (Å²) in [5, 5.41) is 43.0. The van der Waals surface area contributed by atoms with Crippen LogP contribution in [0.15, 0.2) is 96.1 Å². The molecule has 3 aromatic rings. The van der Waals surface area contributed by atoms with Gasteiger partial charge in [0.2, 0.25) is 0 Å². The zero-order chi connectivity index (χ0) is 39.3. The van der Waals surface area contributed by atoms with Crippen LogP contribution in [0.1, 0.15) is 36.5 Å². The molecule has 1 saturated heterocycles. The number of ether oxygens (including phenoxy) is 5. The molecular formula is C38H46N6O11. The van der Waals surface area contributed by atoms with Crippen LogP contribution in [0.4, 0.5) is 14.4 Å². The molecule has 55 heavy (non-hydrogen) atoms. The van der Waals surface area contributed by atoms with Crippen LogP contribution in [0.3, 0.4) is 0 Å². The summed E-state index contributed by atoms with van der Waals surface area (Å²) in [5.41, 5.74) is 11.5. The number of azide groups is 1. The van der Waals surface area contributed by atoms with Gasteiger partial charge in [0.25, 0.3) is 0 Å². The van der Waals surface area contributed by atoms with Crippen molar-refractivity contribution in [3.63, 3.8) is 0 Å². The highest BCUT2D eigenvalue weighted by atomic mass is 16.7. The maximum atomic E-state index is 13.1. The van der Waals surface area contributed by atoms with Crippen LogP contribution in [0.2, 0.25) is 0 Å². The number of nitrogens with zero attached hydrogens (tertiary/aromatic N) is 4. The van der Waals surface area contributed by atoms with E-state index < -0.39 is 79.3 Å². The Morgan fingerprint density at radius 3 is 1.78 bits per heavy atom. The lowest BCUT2D eigenvalue weighted by Crippen LogP contribution is -2.73. The predicted molar refractivity (Wildman–Crippen MR) is 195 cm³/mol. The van der Waals surface area contributed by atoms with Crippen LogP contribution < -0.4 is 10.6 Å². The molecule has 1 aliphatic carbocycles. The lowest BCUT2D eigenvalue weighted by atomic mass is 9.81. The number of carbonyl (C=O) groups is 3. The fourth-order valence-corrected chi connectivity index (χ4v) is 6.39. The second-order valence-electron chi connectivity index (χ2n) is 13.3. The van der Waals surface area contributed by atoms with Crippen molar-refractivity contribution < 1.29 is 53.4 Å². The van der Waals surface area contributed by atoms with Gasteiger partial charge in [0.1, 0.15) is 38.1 Å². The number of alkyl carbamates (subject to hydrolysis) is 2. The van der Waals surface area contributed by atoms with Crippen LogP contribution in [0.5, 0.6) is 0 Å². The normalized spacial score (nSPS) is 26.7. The molecule has 17 nitrogen and oxygen atoms in total. The van der Waals surface area contributed by atoms with Crippen LogP contribution in [-0.2, 0) is 43.5 Å². The van der Waals surface area contributed by atoms with E-state index in [1.165, 1.54) is 4.90 Å². The second-order valence-corrected chi connectivity index (χ2v) is 13.3. The van der Waals surface area contributed by atoms with E-state index in [9.17, 15) is 35.2 Å². The van der Waals surface area contributed by atoms with Crippen molar-refractivity contribution in [1.29, 1.82) is 0 Å².